The molecular weight excluding hydrogens is 392 g/mol. The fourth-order valence-electron chi connectivity index (χ4n) is 3.90. The molecule has 0 radical (unpaired) electrons. The maximum atomic E-state index is 12.4. The molecule has 2 aromatic carbocycles. The molecule has 4 rings (SSSR count). The summed E-state index contributed by atoms with van der Waals surface area (Å²) < 4.78 is 16.2. The van der Waals surface area contributed by atoms with Crippen LogP contribution in [0.25, 0.3) is 0 Å². The highest BCUT2D eigenvalue weighted by molar-refractivity contribution is 5.98. The smallest absolute Gasteiger partial charge is 0.374 e. The molecule has 1 heterocycles. The number of hydrogen-bond acceptors (Lipinski definition) is 5. The third-order valence-corrected chi connectivity index (χ3v) is 5.63. The highest BCUT2D eigenvalue weighted by Crippen LogP contribution is 2.32. The molecule has 0 saturated heterocycles. The molecule has 5 heteroatoms. The largest absolute Gasteiger partial charge is 0.486 e. The summed E-state index contributed by atoms with van der Waals surface area (Å²) in [6, 6.07) is 20.2. The van der Waals surface area contributed by atoms with Crippen molar-refractivity contribution in [2.75, 3.05) is 6.61 Å². The van der Waals surface area contributed by atoms with E-state index >= 15 is 0 Å². The lowest BCUT2D eigenvalue weighted by Crippen LogP contribution is -2.14. The highest BCUT2D eigenvalue weighted by atomic mass is 16.5. The van der Waals surface area contributed by atoms with Crippen LogP contribution in [-0.4, -0.2) is 18.4 Å². The van der Waals surface area contributed by atoms with Gasteiger partial charge in [0.15, 0.2) is 12.4 Å². The molecule has 0 bridgehead atoms. The van der Waals surface area contributed by atoms with Crippen LogP contribution < -0.4 is 4.74 Å². The minimum atomic E-state index is -0.668. The van der Waals surface area contributed by atoms with Gasteiger partial charge in [-0.05, 0) is 48.6 Å². The first kappa shape index (κ1) is 20.9. The van der Waals surface area contributed by atoms with E-state index in [9.17, 15) is 9.59 Å². The van der Waals surface area contributed by atoms with Crippen molar-refractivity contribution in [1.82, 2.24) is 0 Å². The van der Waals surface area contributed by atoms with E-state index in [-0.39, 0.29) is 24.8 Å². The molecule has 0 aliphatic heterocycles. The first-order chi connectivity index (χ1) is 15.2. The van der Waals surface area contributed by atoms with E-state index < -0.39 is 5.97 Å². The van der Waals surface area contributed by atoms with Crippen LogP contribution in [0.3, 0.4) is 0 Å². The second kappa shape index (κ2) is 10.1. The number of carbonyl (C=O) groups is 2. The van der Waals surface area contributed by atoms with Gasteiger partial charge in [-0.25, -0.2) is 4.79 Å². The molecule has 0 amide bonds. The molecular formula is C26H26O5. The van der Waals surface area contributed by atoms with Gasteiger partial charge < -0.3 is 13.9 Å². The average Bonchev–Trinajstić information content (AvgIpc) is 3.32. The number of hydrogen-bond donors (Lipinski definition) is 0. The zero-order valence-corrected chi connectivity index (χ0v) is 17.4. The van der Waals surface area contributed by atoms with E-state index in [0.717, 1.165) is 0 Å². The molecule has 3 aromatic rings. The average molecular weight is 418 g/mol. The van der Waals surface area contributed by atoms with E-state index in [1.54, 1.807) is 6.07 Å². The van der Waals surface area contributed by atoms with Crippen LogP contribution in [-0.2, 0) is 11.3 Å². The Morgan fingerprint density at radius 3 is 2.35 bits per heavy atom. The van der Waals surface area contributed by atoms with Crippen LogP contribution in [0.4, 0.5) is 0 Å². The van der Waals surface area contributed by atoms with Crippen LogP contribution in [0, 0.1) is 0 Å². The van der Waals surface area contributed by atoms with Crippen molar-refractivity contribution in [3.63, 3.8) is 0 Å². The molecule has 0 N–H and O–H groups in total. The maximum absolute atomic E-state index is 12.4. The summed E-state index contributed by atoms with van der Waals surface area (Å²) in [6.45, 7) is -0.123. The van der Waals surface area contributed by atoms with Gasteiger partial charge in [0.25, 0.3) is 0 Å². The molecule has 160 valence electrons. The number of rotatable bonds is 8. The quantitative estimate of drug-likeness (QED) is 0.334. The number of esters is 1. The summed E-state index contributed by atoms with van der Waals surface area (Å²) in [5.74, 6) is 0.950. The lowest BCUT2D eigenvalue weighted by atomic mass is 9.84. The zero-order valence-electron chi connectivity index (χ0n) is 17.4. The fourth-order valence-corrected chi connectivity index (χ4v) is 3.90. The Labute approximate surface area is 182 Å². The van der Waals surface area contributed by atoms with Crippen LogP contribution >= 0.6 is 0 Å². The molecule has 1 aromatic heterocycles. The van der Waals surface area contributed by atoms with Gasteiger partial charge in [0.1, 0.15) is 18.1 Å². The van der Waals surface area contributed by atoms with Gasteiger partial charge in [-0.2, -0.15) is 0 Å². The van der Waals surface area contributed by atoms with Crippen molar-refractivity contribution in [3.05, 3.63) is 89.4 Å². The van der Waals surface area contributed by atoms with Crippen LogP contribution in [0.1, 0.15) is 70.3 Å². The summed E-state index contributed by atoms with van der Waals surface area (Å²) in [7, 11) is 0. The Bertz CT molecular complexity index is 998. The molecule has 31 heavy (non-hydrogen) atoms. The van der Waals surface area contributed by atoms with Gasteiger partial charge in [0, 0.05) is 5.56 Å². The second-order valence-corrected chi connectivity index (χ2v) is 7.82. The Morgan fingerprint density at radius 1 is 0.871 bits per heavy atom. The standard InChI is InChI=1S/C26H26O5/c27-24(21-13-11-20(12-14-21)19-7-3-1-4-8-19)18-30-26(28)25-16-15-23(31-25)17-29-22-9-5-2-6-10-22/h2,5-6,9-16,19H,1,3-4,7-8,17-18H2. The van der Waals surface area contributed by atoms with Crippen LogP contribution in [0.5, 0.6) is 5.75 Å². The molecule has 1 saturated carbocycles. The minimum absolute atomic E-state index is 0.0482. The number of para-hydroxylation sites is 1. The first-order valence-corrected chi connectivity index (χ1v) is 10.8. The predicted octanol–water partition coefficient (Wildman–Crippen LogP) is 5.95. The van der Waals surface area contributed by atoms with Gasteiger partial charge in [0.05, 0.1) is 0 Å². The molecule has 0 unspecified atom stereocenters. The third kappa shape index (κ3) is 5.63. The Balaban J connectivity index is 1.26. The number of benzene rings is 2. The lowest BCUT2D eigenvalue weighted by Gasteiger charge is -2.22. The van der Waals surface area contributed by atoms with E-state index in [2.05, 4.69) is 0 Å². The number of ketones is 1. The van der Waals surface area contributed by atoms with Crippen LogP contribution in [0.15, 0.2) is 71.1 Å². The fraction of sp³-hybridized carbons (Fsp3) is 0.308. The first-order valence-electron chi connectivity index (χ1n) is 10.8. The van der Waals surface area contributed by atoms with E-state index in [1.807, 2.05) is 54.6 Å². The molecule has 1 aliphatic carbocycles. The summed E-state index contributed by atoms with van der Waals surface area (Å²) >= 11 is 0. The number of carbonyl (C=O) groups excluding carboxylic acids is 2. The Morgan fingerprint density at radius 2 is 1.61 bits per heavy atom. The maximum Gasteiger partial charge on any atom is 0.374 e. The van der Waals surface area contributed by atoms with Gasteiger partial charge in [0.2, 0.25) is 5.76 Å². The second-order valence-electron chi connectivity index (χ2n) is 7.82. The van der Waals surface area contributed by atoms with Crippen molar-refractivity contribution in [2.45, 2.75) is 44.6 Å². The topological polar surface area (TPSA) is 65.7 Å². The lowest BCUT2D eigenvalue weighted by molar-refractivity contribution is 0.0440. The van der Waals surface area contributed by atoms with E-state index in [4.69, 9.17) is 13.9 Å². The highest BCUT2D eigenvalue weighted by Gasteiger charge is 2.18. The minimum Gasteiger partial charge on any atom is -0.486 e. The SMILES string of the molecule is O=C(COC(=O)c1ccc(COc2ccccc2)o1)c1ccc(C2CCCCC2)cc1. The van der Waals surface area contributed by atoms with Crippen molar-refractivity contribution in [3.8, 4) is 5.75 Å². The van der Waals surface area contributed by atoms with Crippen molar-refractivity contribution in [2.24, 2.45) is 0 Å². The summed E-state index contributed by atoms with van der Waals surface area (Å²) in [6.07, 6.45) is 6.29. The molecule has 1 aliphatic rings. The van der Waals surface area contributed by atoms with Gasteiger partial charge in [-0.3, -0.25) is 4.79 Å². The molecule has 5 nitrogen and oxygen atoms in total. The monoisotopic (exact) mass is 418 g/mol. The van der Waals surface area contributed by atoms with E-state index in [0.29, 0.717) is 23.0 Å². The molecule has 0 atom stereocenters. The normalized spacial score (nSPS) is 14.2. The van der Waals surface area contributed by atoms with Crippen molar-refractivity contribution < 1.29 is 23.5 Å². The molecule has 1 fully saturated rings. The molecule has 0 spiro atoms. The van der Waals surface area contributed by atoms with Crippen molar-refractivity contribution in [1.29, 1.82) is 0 Å². The summed E-state index contributed by atoms with van der Waals surface area (Å²) in [5.41, 5.74) is 1.83. The van der Waals surface area contributed by atoms with Gasteiger partial charge in [-0.1, -0.05) is 61.7 Å². The predicted molar refractivity (Wildman–Crippen MR) is 116 cm³/mol. The Hall–Kier alpha value is -3.34. The Kier molecular flexibility index (Phi) is 6.82. The van der Waals surface area contributed by atoms with Crippen molar-refractivity contribution >= 4 is 11.8 Å². The van der Waals surface area contributed by atoms with E-state index in [1.165, 1.54) is 43.7 Å². The van der Waals surface area contributed by atoms with Gasteiger partial charge in [-0.15, -0.1) is 0 Å². The number of ether oxygens (including phenoxy) is 2. The third-order valence-electron chi connectivity index (χ3n) is 5.63. The summed E-state index contributed by atoms with van der Waals surface area (Å²) in [5, 5.41) is 0. The summed E-state index contributed by atoms with van der Waals surface area (Å²) in [4.78, 5) is 24.6. The number of Topliss-reactive ketones (excluding diaryl/α,β-unsaturated/α-hetero) is 1. The van der Waals surface area contributed by atoms with Gasteiger partial charge >= 0.3 is 5.97 Å². The zero-order chi connectivity index (χ0) is 21.5. The number of furan rings is 1. The van der Waals surface area contributed by atoms with Crippen LogP contribution in [0.2, 0.25) is 0 Å².